The molecule has 0 unspecified atom stereocenters. The second-order valence-corrected chi connectivity index (χ2v) is 6.93. The summed E-state index contributed by atoms with van der Waals surface area (Å²) in [5.74, 6) is 0.195. The summed E-state index contributed by atoms with van der Waals surface area (Å²) in [6.07, 6.45) is 1.56. The summed E-state index contributed by atoms with van der Waals surface area (Å²) in [5, 5.41) is 13.9. The number of benzene rings is 1. The molecule has 2 heterocycles. The van der Waals surface area contributed by atoms with Crippen LogP contribution in [0.1, 0.15) is 46.9 Å². The summed E-state index contributed by atoms with van der Waals surface area (Å²) in [4.78, 5) is 17.7. The van der Waals surface area contributed by atoms with E-state index in [2.05, 4.69) is 14.7 Å². The molecule has 0 aliphatic rings. The normalized spacial score (nSPS) is 11.2. The van der Waals surface area contributed by atoms with Gasteiger partial charge in [-0.3, -0.25) is 4.79 Å². The molecular formula is C18H19N3O2S. The fraction of sp³-hybridized carbons (Fsp3) is 0.278. The van der Waals surface area contributed by atoms with E-state index in [4.69, 9.17) is 0 Å². The summed E-state index contributed by atoms with van der Waals surface area (Å²) in [5.41, 5.74) is 3.68. The Morgan fingerprint density at radius 1 is 1.25 bits per heavy atom. The summed E-state index contributed by atoms with van der Waals surface area (Å²) in [6.45, 7) is 7.76. The molecule has 0 atom stereocenters. The Morgan fingerprint density at radius 2 is 2.00 bits per heavy atom. The Hall–Kier alpha value is -2.47. The number of phenolic OH excluding ortho intramolecular Hbond substituents is 1. The first-order valence-electron chi connectivity index (χ1n) is 7.73. The fourth-order valence-electron chi connectivity index (χ4n) is 2.57. The van der Waals surface area contributed by atoms with Gasteiger partial charge in [0, 0.05) is 17.3 Å². The Morgan fingerprint density at radius 3 is 2.71 bits per heavy atom. The van der Waals surface area contributed by atoms with E-state index in [9.17, 15) is 9.90 Å². The predicted octanol–water partition coefficient (Wildman–Crippen LogP) is 4.39. The highest BCUT2D eigenvalue weighted by Crippen LogP contribution is 2.31. The zero-order valence-corrected chi connectivity index (χ0v) is 14.9. The van der Waals surface area contributed by atoms with Gasteiger partial charge in [-0.25, -0.2) is 4.98 Å². The number of aryl methyl sites for hydroxylation is 2. The molecule has 2 aromatic heterocycles. The van der Waals surface area contributed by atoms with E-state index >= 15 is 0 Å². The van der Waals surface area contributed by atoms with Gasteiger partial charge in [-0.2, -0.15) is 4.37 Å². The number of fused-ring (bicyclic) bond motifs is 1. The predicted molar refractivity (Wildman–Crippen MR) is 97.0 cm³/mol. The van der Waals surface area contributed by atoms with E-state index in [1.807, 2.05) is 39.8 Å². The SMILES string of the molecule is Cc1cc(O)c(C(C)C)cc1NC(=O)c1cnc2snc(C)c2c1. The van der Waals surface area contributed by atoms with Gasteiger partial charge in [0.25, 0.3) is 5.91 Å². The lowest BCUT2D eigenvalue weighted by Gasteiger charge is -2.14. The molecule has 0 saturated carbocycles. The van der Waals surface area contributed by atoms with Crippen LogP contribution in [-0.2, 0) is 0 Å². The lowest BCUT2D eigenvalue weighted by atomic mass is 9.99. The van der Waals surface area contributed by atoms with Crippen molar-refractivity contribution >= 4 is 33.3 Å². The lowest BCUT2D eigenvalue weighted by molar-refractivity contribution is 0.102. The fourth-order valence-corrected chi connectivity index (χ4v) is 3.30. The van der Waals surface area contributed by atoms with Crippen molar-refractivity contribution in [3.8, 4) is 5.75 Å². The largest absolute Gasteiger partial charge is 0.508 e. The molecule has 5 nitrogen and oxygen atoms in total. The Balaban J connectivity index is 1.93. The number of hydrogen-bond donors (Lipinski definition) is 2. The molecule has 2 N–H and O–H groups in total. The summed E-state index contributed by atoms with van der Waals surface area (Å²) >= 11 is 1.33. The van der Waals surface area contributed by atoms with Crippen molar-refractivity contribution in [3.63, 3.8) is 0 Å². The number of aromatic hydroxyl groups is 1. The first kappa shape index (κ1) is 16.4. The van der Waals surface area contributed by atoms with Gasteiger partial charge >= 0.3 is 0 Å². The van der Waals surface area contributed by atoms with E-state index in [0.29, 0.717) is 11.3 Å². The minimum Gasteiger partial charge on any atom is -0.508 e. The summed E-state index contributed by atoms with van der Waals surface area (Å²) < 4.78 is 4.25. The van der Waals surface area contributed by atoms with Crippen LogP contribution in [0, 0.1) is 13.8 Å². The molecule has 1 aromatic carbocycles. The van der Waals surface area contributed by atoms with Crippen LogP contribution in [0.15, 0.2) is 24.4 Å². The van der Waals surface area contributed by atoms with Crippen LogP contribution in [0.2, 0.25) is 0 Å². The van der Waals surface area contributed by atoms with Crippen molar-refractivity contribution in [1.82, 2.24) is 9.36 Å². The number of nitrogens with zero attached hydrogens (tertiary/aromatic N) is 2. The van der Waals surface area contributed by atoms with Gasteiger partial charge in [0.15, 0.2) is 0 Å². The Kier molecular flexibility index (Phi) is 4.24. The van der Waals surface area contributed by atoms with Crippen molar-refractivity contribution in [2.24, 2.45) is 0 Å². The van der Waals surface area contributed by atoms with Gasteiger partial charge in [-0.1, -0.05) is 13.8 Å². The first-order valence-corrected chi connectivity index (χ1v) is 8.51. The van der Waals surface area contributed by atoms with E-state index in [-0.39, 0.29) is 17.6 Å². The molecule has 3 rings (SSSR count). The van der Waals surface area contributed by atoms with Crippen LogP contribution in [0.3, 0.4) is 0 Å². The van der Waals surface area contributed by atoms with Crippen LogP contribution in [-0.4, -0.2) is 20.4 Å². The molecule has 0 fully saturated rings. The standard InChI is InChI=1S/C18H19N3O2S/c1-9(2)13-7-15(10(3)5-16(13)22)20-17(23)12-6-14-11(4)21-24-18(14)19-8-12/h5-9,22H,1-4H3,(H,20,23). The smallest absolute Gasteiger partial charge is 0.257 e. The third-order valence-corrected chi connectivity index (χ3v) is 4.88. The highest BCUT2D eigenvalue weighted by molar-refractivity contribution is 7.12. The lowest BCUT2D eigenvalue weighted by Crippen LogP contribution is -2.13. The highest BCUT2D eigenvalue weighted by Gasteiger charge is 2.14. The Labute approximate surface area is 144 Å². The maximum absolute atomic E-state index is 12.6. The molecule has 3 aromatic rings. The van der Waals surface area contributed by atoms with E-state index in [1.165, 1.54) is 11.5 Å². The van der Waals surface area contributed by atoms with E-state index in [1.54, 1.807) is 12.3 Å². The molecule has 0 bridgehead atoms. The number of phenols is 1. The van der Waals surface area contributed by atoms with Crippen molar-refractivity contribution in [2.45, 2.75) is 33.6 Å². The molecule has 0 aliphatic carbocycles. The van der Waals surface area contributed by atoms with E-state index < -0.39 is 0 Å². The van der Waals surface area contributed by atoms with Crippen LogP contribution in [0.5, 0.6) is 5.75 Å². The van der Waals surface area contributed by atoms with Gasteiger partial charge in [0.2, 0.25) is 0 Å². The highest BCUT2D eigenvalue weighted by atomic mass is 32.1. The molecule has 1 amide bonds. The molecular weight excluding hydrogens is 322 g/mol. The number of hydrogen-bond acceptors (Lipinski definition) is 5. The molecule has 0 saturated heterocycles. The molecule has 124 valence electrons. The number of aromatic nitrogens is 2. The quantitative estimate of drug-likeness (QED) is 0.693. The third kappa shape index (κ3) is 2.97. The number of anilines is 1. The van der Waals surface area contributed by atoms with Crippen molar-refractivity contribution < 1.29 is 9.90 Å². The topological polar surface area (TPSA) is 75.1 Å². The van der Waals surface area contributed by atoms with Gasteiger partial charge in [-0.15, -0.1) is 0 Å². The van der Waals surface area contributed by atoms with Gasteiger partial charge in [0.05, 0.1) is 11.3 Å². The number of amides is 1. The van der Waals surface area contributed by atoms with Crippen LogP contribution in [0.25, 0.3) is 10.2 Å². The van der Waals surface area contributed by atoms with Gasteiger partial charge in [0.1, 0.15) is 10.6 Å². The minimum absolute atomic E-state index is 0.166. The second kappa shape index (κ2) is 6.20. The van der Waals surface area contributed by atoms with Crippen molar-refractivity contribution in [1.29, 1.82) is 0 Å². The minimum atomic E-state index is -0.224. The van der Waals surface area contributed by atoms with Gasteiger partial charge < -0.3 is 10.4 Å². The monoisotopic (exact) mass is 341 g/mol. The summed E-state index contributed by atoms with van der Waals surface area (Å²) in [6, 6.07) is 5.32. The second-order valence-electron chi connectivity index (χ2n) is 6.18. The molecule has 0 radical (unpaired) electrons. The van der Waals surface area contributed by atoms with Gasteiger partial charge in [-0.05, 0) is 60.6 Å². The number of carbonyl (C=O) groups is 1. The first-order chi connectivity index (χ1) is 11.4. The van der Waals surface area contributed by atoms with Crippen molar-refractivity contribution in [2.75, 3.05) is 5.32 Å². The van der Waals surface area contributed by atoms with Crippen LogP contribution < -0.4 is 5.32 Å². The Bertz CT molecular complexity index is 931. The van der Waals surface area contributed by atoms with Crippen molar-refractivity contribution in [3.05, 3.63) is 46.8 Å². The molecule has 24 heavy (non-hydrogen) atoms. The molecule has 0 aliphatic heterocycles. The summed E-state index contributed by atoms with van der Waals surface area (Å²) in [7, 11) is 0. The number of carbonyl (C=O) groups excluding carboxylic acids is 1. The van der Waals surface area contributed by atoms with Crippen LogP contribution >= 0.6 is 11.5 Å². The average molecular weight is 341 g/mol. The maximum Gasteiger partial charge on any atom is 0.257 e. The average Bonchev–Trinajstić information content (AvgIpc) is 2.90. The number of nitrogens with one attached hydrogen (secondary N) is 1. The number of rotatable bonds is 3. The third-order valence-electron chi connectivity index (χ3n) is 4.02. The van der Waals surface area contributed by atoms with E-state index in [0.717, 1.165) is 27.0 Å². The zero-order chi connectivity index (χ0) is 17.4. The zero-order valence-electron chi connectivity index (χ0n) is 14.0. The number of pyridine rings is 1. The molecule has 0 spiro atoms. The van der Waals surface area contributed by atoms with Crippen LogP contribution in [0.4, 0.5) is 5.69 Å². The molecule has 6 heteroatoms. The maximum atomic E-state index is 12.6.